The lowest BCUT2D eigenvalue weighted by Crippen LogP contribution is -2.30. The molecule has 1 aromatic carbocycles. The summed E-state index contributed by atoms with van der Waals surface area (Å²) in [5.41, 5.74) is 3.89. The summed E-state index contributed by atoms with van der Waals surface area (Å²) in [6.07, 6.45) is 2.29. The number of carbonyl (C=O) groups excluding carboxylic acids is 1. The Kier molecular flexibility index (Phi) is 4.12. The number of carbonyl (C=O) groups is 1. The van der Waals surface area contributed by atoms with Crippen molar-refractivity contribution in [2.75, 3.05) is 11.9 Å². The van der Waals surface area contributed by atoms with Crippen molar-refractivity contribution in [3.8, 4) is 0 Å². The summed E-state index contributed by atoms with van der Waals surface area (Å²) in [5, 5.41) is 15.8. The SMILES string of the molecule is Cc1cccc(NC(=O)NCCc2cn[nH]n2)c1C. The second-order valence-electron chi connectivity index (χ2n) is 4.34. The number of hydrogen-bond donors (Lipinski definition) is 3. The van der Waals surface area contributed by atoms with Gasteiger partial charge in [0.25, 0.3) is 0 Å². The van der Waals surface area contributed by atoms with Crippen molar-refractivity contribution >= 4 is 11.7 Å². The summed E-state index contributed by atoms with van der Waals surface area (Å²) in [5.74, 6) is 0. The lowest BCUT2D eigenvalue weighted by Gasteiger charge is -2.11. The van der Waals surface area contributed by atoms with Crippen LogP contribution in [0.5, 0.6) is 0 Å². The number of aromatic amines is 1. The van der Waals surface area contributed by atoms with Gasteiger partial charge in [0.1, 0.15) is 0 Å². The van der Waals surface area contributed by atoms with E-state index >= 15 is 0 Å². The molecule has 3 N–H and O–H groups in total. The van der Waals surface area contributed by atoms with Gasteiger partial charge in [0.05, 0.1) is 11.9 Å². The quantitative estimate of drug-likeness (QED) is 0.782. The molecule has 19 heavy (non-hydrogen) atoms. The van der Waals surface area contributed by atoms with Crippen LogP contribution in [0.1, 0.15) is 16.8 Å². The van der Waals surface area contributed by atoms with Gasteiger partial charge in [0.2, 0.25) is 0 Å². The average molecular weight is 259 g/mol. The molecule has 0 fully saturated rings. The second-order valence-corrected chi connectivity index (χ2v) is 4.34. The van der Waals surface area contributed by atoms with Crippen LogP contribution in [0.2, 0.25) is 0 Å². The van der Waals surface area contributed by atoms with E-state index in [0.29, 0.717) is 13.0 Å². The lowest BCUT2D eigenvalue weighted by molar-refractivity contribution is 0.252. The molecule has 0 saturated heterocycles. The molecule has 0 saturated carbocycles. The number of nitrogens with one attached hydrogen (secondary N) is 3. The van der Waals surface area contributed by atoms with Crippen molar-refractivity contribution in [1.82, 2.24) is 20.7 Å². The van der Waals surface area contributed by atoms with Crippen LogP contribution < -0.4 is 10.6 Å². The molecule has 1 heterocycles. The number of urea groups is 1. The first-order valence-corrected chi connectivity index (χ1v) is 6.12. The summed E-state index contributed by atoms with van der Waals surface area (Å²) in [6, 6.07) is 5.62. The van der Waals surface area contributed by atoms with Gasteiger partial charge in [-0.2, -0.15) is 15.4 Å². The maximum absolute atomic E-state index is 11.7. The Morgan fingerprint density at radius 3 is 2.95 bits per heavy atom. The van der Waals surface area contributed by atoms with Gasteiger partial charge in [-0.15, -0.1) is 0 Å². The molecule has 0 unspecified atom stereocenters. The van der Waals surface area contributed by atoms with E-state index in [9.17, 15) is 4.79 Å². The molecule has 0 aliphatic heterocycles. The first-order chi connectivity index (χ1) is 9.16. The molecule has 2 amide bonds. The highest BCUT2D eigenvalue weighted by Crippen LogP contribution is 2.17. The van der Waals surface area contributed by atoms with Crippen molar-refractivity contribution in [1.29, 1.82) is 0 Å². The smallest absolute Gasteiger partial charge is 0.319 e. The highest BCUT2D eigenvalue weighted by molar-refractivity contribution is 5.90. The van der Waals surface area contributed by atoms with Crippen molar-refractivity contribution < 1.29 is 4.79 Å². The molecule has 6 nitrogen and oxygen atoms in total. The van der Waals surface area contributed by atoms with Gasteiger partial charge < -0.3 is 10.6 Å². The van der Waals surface area contributed by atoms with E-state index in [4.69, 9.17) is 0 Å². The van der Waals surface area contributed by atoms with Crippen LogP contribution >= 0.6 is 0 Å². The van der Waals surface area contributed by atoms with E-state index < -0.39 is 0 Å². The maximum Gasteiger partial charge on any atom is 0.319 e. The van der Waals surface area contributed by atoms with Crippen molar-refractivity contribution in [3.63, 3.8) is 0 Å². The summed E-state index contributed by atoms with van der Waals surface area (Å²) >= 11 is 0. The largest absolute Gasteiger partial charge is 0.337 e. The first kappa shape index (κ1) is 13.1. The molecule has 2 aromatic rings. The van der Waals surface area contributed by atoms with Crippen LogP contribution in [0, 0.1) is 13.8 Å². The predicted molar refractivity (Wildman–Crippen MR) is 73.0 cm³/mol. The molecule has 0 atom stereocenters. The lowest BCUT2D eigenvalue weighted by atomic mass is 10.1. The Morgan fingerprint density at radius 1 is 1.37 bits per heavy atom. The van der Waals surface area contributed by atoms with E-state index in [1.807, 2.05) is 32.0 Å². The number of hydrogen-bond acceptors (Lipinski definition) is 3. The third-order valence-electron chi connectivity index (χ3n) is 2.98. The molecule has 1 aromatic heterocycles. The zero-order valence-corrected chi connectivity index (χ0v) is 11.0. The zero-order valence-electron chi connectivity index (χ0n) is 11.0. The minimum Gasteiger partial charge on any atom is -0.337 e. The van der Waals surface area contributed by atoms with Gasteiger partial charge in [-0.3, -0.25) is 0 Å². The van der Waals surface area contributed by atoms with Crippen LogP contribution in [-0.2, 0) is 6.42 Å². The Labute approximate surface area is 111 Å². The second kappa shape index (κ2) is 5.99. The van der Waals surface area contributed by atoms with E-state index in [0.717, 1.165) is 22.5 Å². The van der Waals surface area contributed by atoms with E-state index in [1.165, 1.54) is 0 Å². The molecule has 2 rings (SSSR count). The molecule has 0 aliphatic rings. The van der Waals surface area contributed by atoms with E-state index in [1.54, 1.807) is 6.20 Å². The fourth-order valence-electron chi connectivity index (χ4n) is 1.70. The van der Waals surface area contributed by atoms with E-state index in [-0.39, 0.29) is 6.03 Å². The van der Waals surface area contributed by atoms with Crippen molar-refractivity contribution in [3.05, 3.63) is 41.2 Å². The first-order valence-electron chi connectivity index (χ1n) is 6.12. The van der Waals surface area contributed by atoms with Crippen molar-refractivity contribution in [2.45, 2.75) is 20.3 Å². The van der Waals surface area contributed by atoms with Crippen LogP contribution in [0.4, 0.5) is 10.5 Å². The van der Waals surface area contributed by atoms with Crippen LogP contribution in [0.15, 0.2) is 24.4 Å². The number of H-pyrrole nitrogens is 1. The normalized spacial score (nSPS) is 10.2. The predicted octanol–water partition coefficient (Wildman–Crippen LogP) is 1.79. The Balaban J connectivity index is 1.82. The number of rotatable bonds is 4. The third-order valence-corrected chi connectivity index (χ3v) is 2.98. The average Bonchev–Trinajstić information content (AvgIpc) is 2.88. The standard InChI is InChI=1S/C13H17N5O/c1-9-4-3-5-12(10(9)2)16-13(19)14-7-6-11-8-15-18-17-11/h3-5,8H,6-7H2,1-2H3,(H2,14,16,19)(H,15,17,18). The third kappa shape index (κ3) is 3.54. The van der Waals surface area contributed by atoms with Gasteiger partial charge in [0.15, 0.2) is 0 Å². The number of amides is 2. The highest BCUT2D eigenvalue weighted by atomic mass is 16.2. The van der Waals surface area contributed by atoms with Crippen LogP contribution in [0.25, 0.3) is 0 Å². The van der Waals surface area contributed by atoms with Crippen molar-refractivity contribution in [2.24, 2.45) is 0 Å². The Morgan fingerprint density at radius 2 is 2.21 bits per heavy atom. The molecule has 100 valence electrons. The number of benzene rings is 1. The summed E-state index contributed by atoms with van der Waals surface area (Å²) in [4.78, 5) is 11.7. The Hall–Kier alpha value is -2.37. The Bertz CT molecular complexity index is 550. The highest BCUT2D eigenvalue weighted by Gasteiger charge is 2.05. The van der Waals surface area contributed by atoms with Gasteiger partial charge in [-0.05, 0) is 31.0 Å². The molecule has 0 aliphatic carbocycles. The fourth-order valence-corrected chi connectivity index (χ4v) is 1.70. The fraction of sp³-hybridized carbons (Fsp3) is 0.308. The van der Waals surface area contributed by atoms with Gasteiger partial charge in [-0.1, -0.05) is 12.1 Å². The summed E-state index contributed by atoms with van der Waals surface area (Å²) in [6.45, 7) is 4.52. The molecular formula is C13H17N5O. The molecule has 6 heteroatoms. The molecule has 0 spiro atoms. The maximum atomic E-state index is 11.7. The van der Waals surface area contributed by atoms with E-state index in [2.05, 4.69) is 26.0 Å². The van der Waals surface area contributed by atoms with Gasteiger partial charge in [0, 0.05) is 18.7 Å². The zero-order chi connectivity index (χ0) is 13.7. The van der Waals surface area contributed by atoms with Gasteiger partial charge in [-0.25, -0.2) is 4.79 Å². The van der Waals surface area contributed by atoms with Crippen LogP contribution in [0.3, 0.4) is 0 Å². The number of anilines is 1. The minimum absolute atomic E-state index is 0.211. The van der Waals surface area contributed by atoms with Crippen LogP contribution in [-0.4, -0.2) is 28.0 Å². The summed E-state index contributed by atoms with van der Waals surface area (Å²) < 4.78 is 0. The monoisotopic (exact) mass is 259 g/mol. The number of aromatic nitrogens is 3. The molecule has 0 radical (unpaired) electrons. The number of aryl methyl sites for hydroxylation is 1. The molecular weight excluding hydrogens is 242 g/mol. The topological polar surface area (TPSA) is 82.7 Å². The van der Waals surface area contributed by atoms with Gasteiger partial charge >= 0.3 is 6.03 Å². The minimum atomic E-state index is -0.211. The number of nitrogens with zero attached hydrogens (tertiary/aromatic N) is 2. The molecule has 0 bridgehead atoms. The summed E-state index contributed by atoms with van der Waals surface area (Å²) in [7, 11) is 0.